The van der Waals surface area contributed by atoms with Crippen molar-refractivity contribution < 1.29 is 4.79 Å². The molecule has 1 aromatic carbocycles. The lowest BCUT2D eigenvalue weighted by molar-refractivity contribution is 0.0858. The van der Waals surface area contributed by atoms with Crippen molar-refractivity contribution >= 4 is 18.4 Å². The molecule has 13 heavy (non-hydrogen) atoms. The van der Waals surface area contributed by atoms with Gasteiger partial charge >= 0.3 is 0 Å². The van der Waals surface area contributed by atoms with Crippen molar-refractivity contribution in [3.05, 3.63) is 29.8 Å². The Bertz CT molecular complexity index is 323. The maximum atomic E-state index is 11.8. The number of hydrogen-bond acceptors (Lipinski definition) is 2. The largest absolute Gasteiger partial charge is 0.294 e. The predicted molar refractivity (Wildman–Crippen MR) is 57.5 cm³/mol. The summed E-state index contributed by atoms with van der Waals surface area (Å²) in [7, 11) is 0. The second-order valence-corrected chi connectivity index (χ2v) is 4.65. The zero-order valence-electron chi connectivity index (χ0n) is 8.16. The van der Waals surface area contributed by atoms with E-state index in [2.05, 4.69) is 12.6 Å². The van der Waals surface area contributed by atoms with Gasteiger partial charge in [-0.15, -0.1) is 12.6 Å². The van der Waals surface area contributed by atoms with E-state index in [9.17, 15) is 4.79 Å². The lowest BCUT2D eigenvalue weighted by Gasteiger charge is -2.16. The number of thiol groups is 1. The zero-order valence-corrected chi connectivity index (χ0v) is 9.06. The van der Waals surface area contributed by atoms with Gasteiger partial charge in [0.2, 0.25) is 0 Å². The number of benzene rings is 1. The van der Waals surface area contributed by atoms with E-state index in [0.29, 0.717) is 0 Å². The van der Waals surface area contributed by atoms with Crippen LogP contribution in [0.1, 0.15) is 31.1 Å². The second-order valence-electron chi connectivity index (χ2n) is 4.13. The zero-order chi connectivity index (χ0) is 10.1. The van der Waals surface area contributed by atoms with E-state index in [1.165, 1.54) is 0 Å². The van der Waals surface area contributed by atoms with Crippen LogP contribution in [0.15, 0.2) is 29.2 Å². The maximum absolute atomic E-state index is 11.8. The van der Waals surface area contributed by atoms with Crippen molar-refractivity contribution in [1.82, 2.24) is 0 Å². The summed E-state index contributed by atoms with van der Waals surface area (Å²) < 4.78 is 0. The van der Waals surface area contributed by atoms with Gasteiger partial charge in [-0.2, -0.15) is 0 Å². The molecule has 0 fully saturated rings. The van der Waals surface area contributed by atoms with Crippen LogP contribution in [0, 0.1) is 5.41 Å². The minimum Gasteiger partial charge on any atom is -0.294 e. The molecule has 1 aromatic rings. The van der Waals surface area contributed by atoms with E-state index in [-0.39, 0.29) is 11.2 Å². The molecule has 0 aliphatic heterocycles. The van der Waals surface area contributed by atoms with Gasteiger partial charge in [-0.1, -0.05) is 32.9 Å². The fraction of sp³-hybridized carbons (Fsp3) is 0.364. The van der Waals surface area contributed by atoms with E-state index in [1.807, 2.05) is 39.0 Å². The molecular formula is C11H14OS. The standard InChI is InChI=1S/C11H14OS/c1-11(2,3)10(12)8-5-4-6-9(13)7-8/h4-7,13H,1-3H3. The van der Waals surface area contributed by atoms with Crippen LogP contribution in [0.25, 0.3) is 0 Å². The molecule has 0 amide bonds. The normalized spacial score (nSPS) is 11.4. The highest BCUT2D eigenvalue weighted by atomic mass is 32.1. The Morgan fingerprint density at radius 2 is 1.92 bits per heavy atom. The highest BCUT2D eigenvalue weighted by Gasteiger charge is 2.22. The highest BCUT2D eigenvalue weighted by Crippen LogP contribution is 2.21. The predicted octanol–water partition coefficient (Wildman–Crippen LogP) is 3.20. The van der Waals surface area contributed by atoms with Crippen LogP contribution in [0.5, 0.6) is 0 Å². The number of rotatable bonds is 1. The molecule has 0 unspecified atom stereocenters. The summed E-state index contributed by atoms with van der Waals surface area (Å²) in [6, 6.07) is 7.34. The van der Waals surface area contributed by atoms with E-state index in [4.69, 9.17) is 0 Å². The highest BCUT2D eigenvalue weighted by molar-refractivity contribution is 7.80. The van der Waals surface area contributed by atoms with Crippen LogP contribution in [-0.4, -0.2) is 5.78 Å². The van der Waals surface area contributed by atoms with Crippen LogP contribution >= 0.6 is 12.6 Å². The van der Waals surface area contributed by atoms with Gasteiger partial charge in [0.1, 0.15) is 0 Å². The van der Waals surface area contributed by atoms with Crippen LogP contribution < -0.4 is 0 Å². The van der Waals surface area contributed by atoms with Gasteiger partial charge in [-0.3, -0.25) is 4.79 Å². The van der Waals surface area contributed by atoms with E-state index >= 15 is 0 Å². The van der Waals surface area contributed by atoms with Crippen LogP contribution in [-0.2, 0) is 0 Å². The number of hydrogen-bond donors (Lipinski definition) is 1. The monoisotopic (exact) mass is 194 g/mol. The van der Waals surface area contributed by atoms with E-state index in [0.717, 1.165) is 10.5 Å². The van der Waals surface area contributed by atoms with Gasteiger partial charge in [0.15, 0.2) is 5.78 Å². The van der Waals surface area contributed by atoms with Gasteiger partial charge in [0, 0.05) is 15.9 Å². The molecule has 1 rings (SSSR count). The summed E-state index contributed by atoms with van der Waals surface area (Å²) >= 11 is 4.19. The molecule has 0 bridgehead atoms. The second kappa shape index (κ2) is 3.54. The SMILES string of the molecule is CC(C)(C)C(=O)c1cccc(S)c1. The number of Topliss-reactive ketones (excluding diaryl/α,β-unsaturated/α-hetero) is 1. The number of carbonyl (C=O) groups excluding carboxylic acids is 1. The lowest BCUT2D eigenvalue weighted by atomic mass is 9.87. The number of ketones is 1. The molecule has 0 radical (unpaired) electrons. The van der Waals surface area contributed by atoms with Crippen molar-refractivity contribution in [1.29, 1.82) is 0 Å². The average molecular weight is 194 g/mol. The fourth-order valence-electron chi connectivity index (χ4n) is 1.08. The van der Waals surface area contributed by atoms with E-state index < -0.39 is 0 Å². The summed E-state index contributed by atoms with van der Waals surface area (Å²) in [4.78, 5) is 12.6. The third kappa shape index (κ3) is 2.59. The Labute approximate surface area is 84.6 Å². The minimum atomic E-state index is -0.318. The first-order valence-electron chi connectivity index (χ1n) is 4.25. The van der Waals surface area contributed by atoms with Crippen molar-refractivity contribution in [3.63, 3.8) is 0 Å². The quantitative estimate of drug-likeness (QED) is 0.536. The van der Waals surface area contributed by atoms with Gasteiger partial charge in [-0.25, -0.2) is 0 Å². The Hall–Kier alpha value is -0.760. The molecule has 0 N–H and O–H groups in total. The summed E-state index contributed by atoms with van der Waals surface area (Å²) in [6.45, 7) is 5.75. The third-order valence-corrected chi connectivity index (χ3v) is 2.07. The minimum absolute atomic E-state index is 0.156. The fourth-order valence-corrected chi connectivity index (χ4v) is 1.31. The van der Waals surface area contributed by atoms with Crippen molar-refractivity contribution in [2.75, 3.05) is 0 Å². The summed E-state index contributed by atoms with van der Waals surface area (Å²) in [5.41, 5.74) is 0.418. The van der Waals surface area contributed by atoms with Crippen LogP contribution in [0.3, 0.4) is 0 Å². The molecular weight excluding hydrogens is 180 g/mol. The molecule has 1 nitrogen and oxygen atoms in total. The molecule has 0 saturated heterocycles. The first kappa shape index (κ1) is 10.3. The Morgan fingerprint density at radius 3 is 2.38 bits per heavy atom. The Morgan fingerprint density at radius 1 is 1.31 bits per heavy atom. The van der Waals surface area contributed by atoms with Crippen molar-refractivity contribution in [2.24, 2.45) is 5.41 Å². The smallest absolute Gasteiger partial charge is 0.168 e. The first-order valence-corrected chi connectivity index (χ1v) is 4.70. The van der Waals surface area contributed by atoms with Gasteiger partial charge in [0.05, 0.1) is 0 Å². The van der Waals surface area contributed by atoms with Crippen molar-refractivity contribution in [3.8, 4) is 0 Å². The molecule has 0 heterocycles. The molecule has 2 heteroatoms. The summed E-state index contributed by atoms with van der Waals surface area (Å²) in [5, 5.41) is 0. The first-order chi connectivity index (χ1) is 5.91. The Balaban J connectivity index is 3.03. The number of carbonyl (C=O) groups is 1. The topological polar surface area (TPSA) is 17.1 Å². The molecule has 0 aliphatic carbocycles. The van der Waals surface area contributed by atoms with Gasteiger partial charge in [0.25, 0.3) is 0 Å². The van der Waals surface area contributed by atoms with Crippen molar-refractivity contribution in [2.45, 2.75) is 25.7 Å². The third-order valence-electron chi connectivity index (χ3n) is 1.79. The summed E-state index contributed by atoms with van der Waals surface area (Å²) in [6.07, 6.45) is 0. The molecule has 0 atom stereocenters. The summed E-state index contributed by atoms with van der Waals surface area (Å²) in [5.74, 6) is 0.156. The van der Waals surface area contributed by atoms with Crippen LogP contribution in [0.4, 0.5) is 0 Å². The molecule has 70 valence electrons. The Kier molecular flexibility index (Phi) is 2.81. The van der Waals surface area contributed by atoms with Crippen LogP contribution in [0.2, 0.25) is 0 Å². The maximum Gasteiger partial charge on any atom is 0.168 e. The molecule has 0 aliphatic rings. The molecule has 0 saturated carbocycles. The lowest BCUT2D eigenvalue weighted by Crippen LogP contribution is -2.19. The average Bonchev–Trinajstić information content (AvgIpc) is 2.01. The van der Waals surface area contributed by atoms with Gasteiger partial charge < -0.3 is 0 Å². The molecule has 0 aromatic heterocycles. The van der Waals surface area contributed by atoms with E-state index in [1.54, 1.807) is 6.07 Å². The molecule has 0 spiro atoms. The van der Waals surface area contributed by atoms with Gasteiger partial charge in [-0.05, 0) is 12.1 Å².